The molecule has 0 unspecified atom stereocenters. The first-order valence-corrected chi connectivity index (χ1v) is 12.3. The summed E-state index contributed by atoms with van der Waals surface area (Å²) in [5, 5.41) is 7.80. The second-order valence-corrected chi connectivity index (χ2v) is 8.66. The zero-order valence-corrected chi connectivity index (χ0v) is 21.9. The predicted octanol–water partition coefficient (Wildman–Crippen LogP) is 4.60. The number of aromatic nitrogens is 1. The minimum absolute atomic E-state index is 0. The molecule has 39 heavy (non-hydrogen) atoms. The molecule has 0 atom stereocenters. The van der Waals surface area contributed by atoms with Crippen molar-refractivity contribution in [2.75, 3.05) is 50.0 Å². The molecule has 208 valence electrons. The summed E-state index contributed by atoms with van der Waals surface area (Å²) in [6.45, 7) is 5.14. The van der Waals surface area contributed by atoms with E-state index in [2.05, 4.69) is 25.8 Å². The van der Waals surface area contributed by atoms with Crippen LogP contribution in [0.3, 0.4) is 0 Å². The SMILES string of the molecule is Cl.O=C(Cc1ccc(F)cc1)NC(=O)Nc1ccc(Oc2ccnc(NCCCN3CCOCC3)c2)c(F)c1. The molecular weight excluding hydrogens is 532 g/mol. The Morgan fingerprint density at radius 1 is 1.03 bits per heavy atom. The molecule has 1 saturated heterocycles. The van der Waals surface area contributed by atoms with Gasteiger partial charge in [-0.15, -0.1) is 12.4 Å². The number of halogens is 3. The molecule has 0 bridgehead atoms. The van der Waals surface area contributed by atoms with E-state index in [0.717, 1.165) is 51.9 Å². The molecule has 0 radical (unpaired) electrons. The number of ether oxygens (including phenoxy) is 2. The molecule has 9 nitrogen and oxygen atoms in total. The zero-order chi connectivity index (χ0) is 26.7. The van der Waals surface area contributed by atoms with Crippen LogP contribution in [0.1, 0.15) is 12.0 Å². The molecular formula is C27H30ClF2N5O4. The zero-order valence-electron chi connectivity index (χ0n) is 21.1. The molecule has 4 rings (SSSR count). The Balaban J connectivity index is 0.00000420. The Hall–Kier alpha value is -3.80. The second-order valence-electron chi connectivity index (χ2n) is 8.66. The summed E-state index contributed by atoms with van der Waals surface area (Å²) >= 11 is 0. The molecule has 2 heterocycles. The summed E-state index contributed by atoms with van der Waals surface area (Å²) in [5.41, 5.74) is 0.686. The monoisotopic (exact) mass is 561 g/mol. The van der Waals surface area contributed by atoms with Crippen molar-refractivity contribution in [1.82, 2.24) is 15.2 Å². The highest BCUT2D eigenvalue weighted by molar-refractivity contribution is 6.01. The van der Waals surface area contributed by atoms with Crippen molar-refractivity contribution in [3.63, 3.8) is 0 Å². The maximum atomic E-state index is 14.7. The standard InChI is InChI=1S/C27H29F2N5O4.ClH/c28-20-4-2-19(3-5-20)16-26(35)33-27(36)32-21-6-7-24(23(29)17-21)38-22-8-10-31-25(18-22)30-9-1-11-34-12-14-37-15-13-34;/h2-8,10,17-18H,1,9,11-16H2,(H,30,31)(H2,32,33,35,36);1H. The average molecular weight is 562 g/mol. The van der Waals surface area contributed by atoms with Gasteiger partial charge in [0.05, 0.1) is 19.6 Å². The Labute approximate surface area is 231 Å². The normalized spacial score (nSPS) is 13.2. The Bertz CT molecular complexity index is 1240. The minimum atomic E-state index is -0.816. The predicted molar refractivity (Wildman–Crippen MR) is 146 cm³/mol. The van der Waals surface area contributed by atoms with Crippen LogP contribution in [-0.2, 0) is 16.0 Å². The van der Waals surface area contributed by atoms with Crippen LogP contribution >= 0.6 is 12.4 Å². The van der Waals surface area contributed by atoms with E-state index in [-0.39, 0.29) is 30.3 Å². The molecule has 0 spiro atoms. The summed E-state index contributed by atoms with van der Waals surface area (Å²) in [6, 6.07) is 11.8. The molecule has 1 aromatic heterocycles. The number of nitrogens with one attached hydrogen (secondary N) is 3. The highest BCUT2D eigenvalue weighted by atomic mass is 35.5. The van der Waals surface area contributed by atoms with Gasteiger partial charge in [-0.3, -0.25) is 15.0 Å². The van der Waals surface area contributed by atoms with Gasteiger partial charge >= 0.3 is 6.03 Å². The fraction of sp³-hybridized carbons (Fsp3) is 0.296. The van der Waals surface area contributed by atoms with Crippen LogP contribution in [0.5, 0.6) is 11.5 Å². The number of nitrogens with zero attached hydrogens (tertiary/aromatic N) is 2. The number of anilines is 2. The van der Waals surface area contributed by atoms with Gasteiger partial charge in [0, 0.05) is 43.7 Å². The molecule has 1 aliphatic heterocycles. The van der Waals surface area contributed by atoms with Gasteiger partial charge in [0.25, 0.3) is 0 Å². The first-order valence-electron chi connectivity index (χ1n) is 12.3. The molecule has 2 aromatic carbocycles. The van der Waals surface area contributed by atoms with E-state index < -0.39 is 23.6 Å². The number of hydrogen-bond acceptors (Lipinski definition) is 7. The van der Waals surface area contributed by atoms with E-state index in [1.807, 2.05) is 0 Å². The van der Waals surface area contributed by atoms with Gasteiger partial charge in [-0.2, -0.15) is 0 Å². The van der Waals surface area contributed by atoms with Gasteiger partial charge in [-0.25, -0.2) is 18.6 Å². The van der Waals surface area contributed by atoms with E-state index in [0.29, 0.717) is 17.1 Å². The first kappa shape index (κ1) is 29.8. The maximum Gasteiger partial charge on any atom is 0.325 e. The van der Waals surface area contributed by atoms with Crippen molar-refractivity contribution in [3.8, 4) is 11.5 Å². The number of pyridine rings is 1. The van der Waals surface area contributed by atoms with Gasteiger partial charge < -0.3 is 20.1 Å². The van der Waals surface area contributed by atoms with Gasteiger partial charge in [-0.05, 0) is 48.9 Å². The van der Waals surface area contributed by atoms with Crippen LogP contribution in [0.25, 0.3) is 0 Å². The van der Waals surface area contributed by atoms with Crippen molar-refractivity contribution >= 4 is 35.9 Å². The summed E-state index contributed by atoms with van der Waals surface area (Å²) in [6.07, 6.45) is 2.41. The molecule has 3 amide bonds. The van der Waals surface area contributed by atoms with Crippen molar-refractivity contribution in [3.05, 3.63) is 78.0 Å². The number of amides is 3. The summed E-state index contributed by atoms with van der Waals surface area (Å²) in [4.78, 5) is 30.8. The Kier molecular flexibility index (Phi) is 11.4. The van der Waals surface area contributed by atoms with Crippen molar-refractivity contribution in [1.29, 1.82) is 0 Å². The van der Waals surface area contributed by atoms with E-state index >= 15 is 0 Å². The van der Waals surface area contributed by atoms with Gasteiger partial charge in [0.2, 0.25) is 5.91 Å². The molecule has 12 heteroatoms. The quantitative estimate of drug-likeness (QED) is 0.311. The Morgan fingerprint density at radius 3 is 2.54 bits per heavy atom. The van der Waals surface area contributed by atoms with E-state index in [4.69, 9.17) is 9.47 Å². The van der Waals surface area contributed by atoms with Crippen LogP contribution in [0.15, 0.2) is 60.8 Å². The minimum Gasteiger partial charge on any atom is -0.454 e. The van der Waals surface area contributed by atoms with E-state index in [1.54, 1.807) is 18.3 Å². The van der Waals surface area contributed by atoms with Crippen LogP contribution in [-0.4, -0.2) is 61.2 Å². The highest BCUT2D eigenvalue weighted by Gasteiger charge is 2.12. The smallest absolute Gasteiger partial charge is 0.325 e. The fourth-order valence-electron chi connectivity index (χ4n) is 3.82. The third-order valence-electron chi connectivity index (χ3n) is 5.74. The molecule has 0 saturated carbocycles. The number of benzene rings is 2. The number of imide groups is 1. The fourth-order valence-corrected chi connectivity index (χ4v) is 3.82. The van der Waals surface area contributed by atoms with Crippen LogP contribution < -0.4 is 20.7 Å². The number of morpholine rings is 1. The summed E-state index contributed by atoms with van der Waals surface area (Å²) in [7, 11) is 0. The molecule has 1 fully saturated rings. The Morgan fingerprint density at radius 2 is 1.79 bits per heavy atom. The third-order valence-corrected chi connectivity index (χ3v) is 5.74. The van der Waals surface area contributed by atoms with E-state index in [1.165, 1.54) is 36.4 Å². The van der Waals surface area contributed by atoms with Crippen LogP contribution in [0.2, 0.25) is 0 Å². The topological polar surface area (TPSA) is 105 Å². The number of carbonyl (C=O) groups excluding carboxylic acids is 2. The number of hydrogen-bond donors (Lipinski definition) is 3. The lowest BCUT2D eigenvalue weighted by molar-refractivity contribution is -0.119. The van der Waals surface area contributed by atoms with Crippen molar-refractivity contribution in [2.24, 2.45) is 0 Å². The lowest BCUT2D eigenvalue weighted by Crippen LogP contribution is -2.37. The van der Waals surface area contributed by atoms with Crippen molar-refractivity contribution < 1.29 is 27.8 Å². The summed E-state index contributed by atoms with van der Waals surface area (Å²) < 4.78 is 38.6. The van der Waals surface area contributed by atoms with Crippen LogP contribution in [0.4, 0.5) is 25.1 Å². The second kappa shape index (κ2) is 15.0. The largest absolute Gasteiger partial charge is 0.454 e. The van der Waals surface area contributed by atoms with Gasteiger partial charge in [0.15, 0.2) is 11.6 Å². The highest BCUT2D eigenvalue weighted by Crippen LogP contribution is 2.27. The average Bonchev–Trinajstić information content (AvgIpc) is 2.90. The molecule has 1 aliphatic rings. The van der Waals surface area contributed by atoms with Crippen LogP contribution in [0, 0.1) is 11.6 Å². The number of urea groups is 1. The lowest BCUT2D eigenvalue weighted by atomic mass is 10.1. The third kappa shape index (κ3) is 9.78. The number of carbonyl (C=O) groups is 2. The lowest BCUT2D eigenvalue weighted by Gasteiger charge is -2.26. The van der Waals surface area contributed by atoms with Gasteiger partial charge in [0.1, 0.15) is 17.4 Å². The number of rotatable bonds is 10. The van der Waals surface area contributed by atoms with E-state index in [9.17, 15) is 18.4 Å². The molecule has 3 aromatic rings. The maximum absolute atomic E-state index is 14.7. The van der Waals surface area contributed by atoms with Crippen molar-refractivity contribution in [2.45, 2.75) is 12.8 Å². The molecule has 0 aliphatic carbocycles. The summed E-state index contributed by atoms with van der Waals surface area (Å²) in [5.74, 6) is -0.718. The first-order chi connectivity index (χ1) is 18.4. The van der Waals surface area contributed by atoms with Gasteiger partial charge in [-0.1, -0.05) is 12.1 Å². The molecule has 3 N–H and O–H groups in total.